The summed E-state index contributed by atoms with van der Waals surface area (Å²) in [5.41, 5.74) is 0. The molecule has 0 radical (unpaired) electrons. The van der Waals surface area contributed by atoms with Crippen molar-refractivity contribution in [2.75, 3.05) is 21.1 Å². The topological polar surface area (TPSA) is 27.6 Å². The van der Waals surface area contributed by atoms with Crippen LogP contribution in [0.5, 0.6) is 0 Å². The van der Waals surface area contributed by atoms with Crippen molar-refractivity contribution in [2.24, 2.45) is 4.99 Å². The number of nitrogens with one attached hydrogen (secondary N) is 1. The summed E-state index contributed by atoms with van der Waals surface area (Å²) in [7, 11) is 5.69. The molecule has 0 bridgehead atoms. The van der Waals surface area contributed by atoms with E-state index in [-0.39, 0.29) is 12.4 Å². The van der Waals surface area contributed by atoms with Crippen LogP contribution < -0.4 is 5.32 Å². The fourth-order valence-corrected chi connectivity index (χ4v) is 0.289. The van der Waals surface area contributed by atoms with Crippen LogP contribution in [0.15, 0.2) is 17.4 Å². The van der Waals surface area contributed by atoms with Crippen molar-refractivity contribution >= 4 is 18.7 Å². The first-order valence-corrected chi connectivity index (χ1v) is 2.79. The normalized spacial score (nSPS) is 9.90. The molecular formula is C6H14ClN3. The quantitative estimate of drug-likeness (QED) is 0.490. The van der Waals surface area contributed by atoms with Gasteiger partial charge in [-0.3, -0.25) is 0 Å². The lowest BCUT2D eigenvalue weighted by atomic mass is 10.8. The largest absolute Gasteiger partial charge is 0.393 e. The SMILES string of the molecule is CN/C=C/N=CN(C)C.Cl. The van der Waals surface area contributed by atoms with Crippen LogP contribution >= 0.6 is 12.4 Å². The molecule has 0 heterocycles. The molecular weight excluding hydrogens is 150 g/mol. The maximum absolute atomic E-state index is 3.92. The minimum absolute atomic E-state index is 0. The Hall–Kier alpha value is -0.700. The lowest BCUT2D eigenvalue weighted by Gasteiger charge is -1.99. The molecule has 0 aliphatic heterocycles. The fraction of sp³-hybridized carbons (Fsp3) is 0.500. The lowest BCUT2D eigenvalue weighted by Crippen LogP contribution is -2.06. The summed E-state index contributed by atoms with van der Waals surface area (Å²) in [4.78, 5) is 5.79. The molecule has 60 valence electrons. The van der Waals surface area contributed by atoms with Crippen molar-refractivity contribution in [2.45, 2.75) is 0 Å². The van der Waals surface area contributed by atoms with E-state index in [1.807, 2.05) is 26.0 Å². The average molecular weight is 164 g/mol. The summed E-state index contributed by atoms with van der Waals surface area (Å²) in [6.45, 7) is 0. The van der Waals surface area contributed by atoms with Gasteiger partial charge in [0.15, 0.2) is 0 Å². The molecule has 0 saturated carbocycles. The molecule has 0 aromatic carbocycles. The number of aliphatic imine (C=N–C) groups is 1. The van der Waals surface area contributed by atoms with Gasteiger partial charge < -0.3 is 10.2 Å². The summed E-state index contributed by atoms with van der Waals surface area (Å²) >= 11 is 0. The van der Waals surface area contributed by atoms with E-state index >= 15 is 0 Å². The van der Waals surface area contributed by atoms with E-state index in [9.17, 15) is 0 Å². The van der Waals surface area contributed by atoms with Gasteiger partial charge in [0.1, 0.15) is 0 Å². The summed E-state index contributed by atoms with van der Waals surface area (Å²) in [6.07, 6.45) is 5.19. The van der Waals surface area contributed by atoms with E-state index in [0.29, 0.717) is 0 Å². The van der Waals surface area contributed by atoms with Gasteiger partial charge in [-0.2, -0.15) is 0 Å². The molecule has 0 rings (SSSR count). The zero-order valence-electron chi connectivity index (χ0n) is 6.53. The van der Waals surface area contributed by atoms with Gasteiger partial charge in [-0.25, -0.2) is 4.99 Å². The van der Waals surface area contributed by atoms with Crippen LogP contribution in [0.25, 0.3) is 0 Å². The Bertz CT molecular complexity index is 110. The molecule has 0 aliphatic carbocycles. The first-order chi connectivity index (χ1) is 4.27. The van der Waals surface area contributed by atoms with Gasteiger partial charge in [0.2, 0.25) is 0 Å². The van der Waals surface area contributed by atoms with Crippen molar-refractivity contribution in [3.63, 3.8) is 0 Å². The standard InChI is InChI=1S/C6H13N3.ClH/c1-7-4-5-8-6-9(2)3;/h4-7H,1-3H3;1H/b5-4+,8-6?;. The highest BCUT2D eigenvalue weighted by molar-refractivity contribution is 5.85. The second kappa shape index (κ2) is 8.30. The lowest BCUT2D eigenvalue weighted by molar-refractivity contribution is 0.643. The molecule has 0 spiro atoms. The number of hydrogen-bond donors (Lipinski definition) is 1. The third kappa shape index (κ3) is 10.3. The highest BCUT2D eigenvalue weighted by atomic mass is 35.5. The first kappa shape index (κ1) is 12.0. The predicted molar refractivity (Wildman–Crippen MR) is 47.6 cm³/mol. The minimum atomic E-state index is 0. The number of nitrogens with zero attached hydrogens (tertiary/aromatic N) is 2. The van der Waals surface area contributed by atoms with Crippen LogP contribution in [-0.2, 0) is 0 Å². The molecule has 0 aliphatic rings. The molecule has 10 heavy (non-hydrogen) atoms. The van der Waals surface area contributed by atoms with Crippen molar-refractivity contribution in [1.29, 1.82) is 0 Å². The van der Waals surface area contributed by atoms with Crippen LogP contribution in [-0.4, -0.2) is 32.4 Å². The van der Waals surface area contributed by atoms with Gasteiger partial charge in [-0.15, -0.1) is 12.4 Å². The van der Waals surface area contributed by atoms with E-state index < -0.39 is 0 Å². The van der Waals surface area contributed by atoms with Gasteiger partial charge >= 0.3 is 0 Å². The third-order valence-electron chi connectivity index (χ3n) is 0.625. The van der Waals surface area contributed by atoms with E-state index in [0.717, 1.165) is 0 Å². The van der Waals surface area contributed by atoms with E-state index in [1.54, 1.807) is 18.7 Å². The van der Waals surface area contributed by atoms with Crippen LogP contribution in [0, 0.1) is 0 Å². The Morgan fingerprint density at radius 1 is 1.40 bits per heavy atom. The third-order valence-corrected chi connectivity index (χ3v) is 0.625. The van der Waals surface area contributed by atoms with E-state index in [4.69, 9.17) is 0 Å². The van der Waals surface area contributed by atoms with Crippen LogP contribution in [0.1, 0.15) is 0 Å². The van der Waals surface area contributed by atoms with Gasteiger partial charge in [0, 0.05) is 33.5 Å². The van der Waals surface area contributed by atoms with Gasteiger partial charge in [0.25, 0.3) is 0 Å². The molecule has 0 fully saturated rings. The molecule has 0 saturated heterocycles. The molecule has 4 heteroatoms. The molecule has 3 nitrogen and oxygen atoms in total. The minimum Gasteiger partial charge on any atom is -0.393 e. The smallest absolute Gasteiger partial charge is 0.0900 e. The van der Waals surface area contributed by atoms with Crippen molar-refractivity contribution in [3.8, 4) is 0 Å². The Morgan fingerprint density at radius 2 is 2.00 bits per heavy atom. The maximum atomic E-state index is 3.92. The van der Waals surface area contributed by atoms with Crippen molar-refractivity contribution in [3.05, 3.63) is 12.4 Å². The fourth-order valence-electron chi connectivity index (χ4n) is 0.289. The second-order valence-corrected chi connectivity index (χ2v) is 1.83. The average Bonchev–Trinajstić information content (AvgIpc) is 1.80. The summed E-state index contributed by atoms with van der Waals surface area (Å²) in [6, 6.07) is 0. The predicted octanol–water partition coefficient (Wildman–Crippen LogP) is 0.689. The van der Waals surface area contributed by atoms with E-state index in [2.05, 4.69) is 10.3 Å². The summed E-state index contributed by atoms with van der Waals surface area (Å²) < 4.78 is 0. The second-order valence-electron chi connectivity index (χ2n) is 1.83. The molecule has 0 atom stereocenters. The van der Waals surface area contributed by atoms with Gasteiger partial charge in [0.05, 0.1) is 6.34 Å². The summed E-state index contributed by atoms with van der Waals surface area (Å²) in [5.74, 6) is 0. The molecule has 0 unspecified atom stereocenters. The molecule has 0 amide bonds. The first-order valence-electron chi connectivity index (χ1n) is 2.79. The highest BCUT2D eigenvalue weighted by Crippen LogP contribution is 1.70. The number of rotatable bonds is 3. The van der Waals surface area contributed by atoms with Crippen LogP contribution in [0.4, 0.5) is 0 Å². The monoisotopic (exact) mass is 163 g/mol. The maximum Gasteiger partial charge on any atom is 0.0900 e. The zero-order chi connectivity index (χ0) is 7.11. The number of hydrogen-bond acceptors (Lipinski definition) is 2. The molecule has 1 N–H and O–H groups in total. The van der Waals surface area contributed by atoms with Crippen LogP contribution in [0.3, 0.4) is 0 Å². The number of halogens is 1. The van der Waals surface area contributed by atoms with Crippen molar-refractivity contribution in [1.82, 2.24) is 10.2 Å². The molecule has 0 aromatic rings. The van der Waals surface area contributed by atoms with Crippen LogP contribution in [0.2, 0.25) is 0 Å². The zero-order valence-corrected chi connectivity index (χ0v) is 7.35. The van der Waals surface area contributed by atoms with E-state index in [1.165, 1.54) is 0 Å². The Kier molecular flexibility index (Phi) is 9.98. The Balaban J connectivity index is 0. The summed E-state index contributed by atoms with van der Waals surface area (Å²) in [5, 5.41) is 2.83. The Labute approximate surface area is 68.2 Å². The highest BCUT2D eigenvalue weighted by Gasteiger charge is 1.70. The Morgan fingerprint density at radius 3 is 2.40 bits per heavy atom. The van der Waals surface area contributed by atoms with Gasteiger partial charge in [-0.05, 0) is 0 Å². The van der Waals surface area contributed by atoms with Gasteiger partial charge in [-0.1, -0.05) is 0 Å². The van der Waals surface area contributed by atoms with Crippen molar-refractivity contribution < 1.29 is 0 Å². The molecule has 0 aromatic heterocycles.